The fraction of sp³-hybridized carbons (Fsp3) is 0.579. The summed E-state index contributed by atoms with van der Waals surface area (Å²) in [6.45, 7) is 10.2. The Bertz CT molecular complexity index is 643. The molecule has 1 heterocycles. The van der Waals surface area contributed by atoms with E-state index >= 15 is 0 Å². The number of amides is 3. The minimum Gasteiger partial charge on any atom is -0.496 e. The Hall–Kier alpha value is -2.24. The third-order valence-electron chi connectivity index (χ3n) is 4.67. The van der Waals surface area contributed by atoms with Gasteiger partial charge in [0, 0.05) is 37.8 Å². The van der Waals surface area contributed by atoms with Crippen LogP contribution < -0.4 is 10.1 Å². The van der Waals surface area contributed by atoms with Crippen molar-refractivity contribution in [2.45, 2.75) is 40.2 Å². The average molecular weight is 347 g/mol. The van der Waals surface area contributed by atoms with Gasteiger partial charge in [-0.3, -0.25) is 4.79 Å². The summed E-state index contributed by atoms with van der Waals surface area (Å²) >= 11 is 0. The Balaban J connectivity index is 2.09. The normalized spacial score (nSPS) is 15.1. The number of carbonyl (C=O) groups is 2. The zero-order chi connectivity index (χ0) is 18.6. The van der Waals surface area contributed by atoms with Crippen molar-refractivity contribution in [3.63, 3.8) is 0 Å². The van der Waals surface area contributed by atoms with Crippen LogP contribution in [0.5, 0.6) is 5.75 Å². The van der Waals surface area contributed by atoms with E-state index in [0.29, 0.717) is 31.7 Å². The van der Waals surface area contributed by atoms with E-state index in [0.717, 1.165) is 23.3 Å². The van der Waals surface area contributed by atoms with Crippen molar-refractivity contribution in [3.8, 4) is 5.75 Å². The smallest absolute Gasteiger partial charge is 0.317 e. The minimum absolute atomic E-state index is 0.0226. The second-order valence-corrected chi connectivity index (χ2v) is 6.80. The monoisotopic (exact) mass is 347 g/mol. The first-order chi connectivity index (χ1) is 11.8. The fourth-order valence-corrected chi connectivity index (χ4v) is 3.08. The van der Waals surface area contributed by atoms with Gasteiger partial charge in [-0.2, -0.15) is 0 Å². The molecular formula is C19H29N3O3. The fourth-order valence-electron chi connectivity index (χ4n) is 3.08. The number of nitrogens with zero attached hydrogens (tertiary/aromatic N) is 2. The van der Waals surface area contributed by atoms with Crippen molar-refractivity contribution in [3.05, 3.63) is 28.8 Å². The number of hydrogen-bond donors (Lipinski definition) is 1. The molecule has 0 saturated carbocycles. The van der Waals surface area contributed by atoms with E-state index in [1.165, 1.54) is 0 Å². The standard InChI is InChI=1S/C19H29N3O3/c1-13(2)20-19(24)22-10-6-9-21(11-12-22)18(23)16-7-8-17(25-5)15(4)14(16)3/h7-8,13H,6,9-12H2,1-5H3,(H,20,24). The highest BCUT2D eigenvalue weighted by atomic mass is 16.5. The molecule has 1 aliphatic heterocycles. The summed E-state index contributed by atoms with van der Waals surface area (Å²) < 4.78 is 5.32. The van der Waals surface area contributed by atoms with Gasteiger partial charge in [-0.25, -0.2) is 4.79 Å². The highest BCUT2D eigenvalue weighted by Gasteiger charge is 2.24. The van der Waals surface area contributed by atoms with Gasteiger partial charge in [0.1, 0.15) is 5.75 Å². The van der Waals surface area contributed by atoms with Crippen molar-refractivity contribution >= 4 is 11.9 Å². The minimum atomic E-state index is -0.0548. The molecular weight excluding hydrogens is 318 g/mol. The summed E-state index contributed by atoms with van der Waals surface area (Å²) in [6.07, 6.45) is 0.783. The highest BCUT2D eigenvalue weighted by Crippen LogP contribution is 2.25. The van der Waals surface area contributed by atoms with Crippen molar-refractivity contribution in [2.24, 2.45) is 0 Å². The zero-order valence-electron chi connectivity index (χ0n) is 15.9. The van der Waals surface area contributed by atoms with Crippen molar-refractivity contribution < 1.29 is 14.3 Å². The first-order valence-electron chi connectivity index (χ1n) is 8.84. The molecule has 1 aromatic rings. The molecule has 0 aromatic heterocycles. The van der Waals surface area contributed by atoms with Gasteiger partial charge in [-0.15, -0.1) is 0 Å². The molecule has 1 aromatic carbocycles. The molecule has 3 amide bonds. The van der Waals surface area contributed by atoms with Crippen LogP contribution in [0.4, 0.5) is 4.79 Å². The van der Waals surface area contributed by atoms with E-state index in [4.69, 9.17) is 4.74 Å². The SMILES string of the molecule is COc1ccc(C(=O)N2CCCN(C(=O)NC(C)C)CC2)c(C)c1C. The first-order valence-corrected chi connectivity index (χ1v) is 8.84. The van der Waals surface area contributed by atoms with Gasteiger partial charge < -0.3 is 19.9 Å². The van der Waals surface area contributed by atoms with Gasteiger partial charge in [0.05, 0.1) is 7.11 Å². The molecule has 0 atom stereocenters. The summed E-state index contributed by atoms with van der Waals surface area (Å²) in [5.74, 6) is 0.816. The van der Waals surface area contributed by atoms with Crippen LogP contribution in [0.15, 0.2) is 12.1 Å². The molecule has 138 valence electrons. The molecule has 1 aliphatic rings. The van der Waals surface area contributed by atoms with Crippen LogP contribution in [-0.2, 0) is 0 Å². The second-order valence-electron chi connectivity index (χ2n) is 6.80. The number of hydrogen-bond acceptors (Lipinski definition) is 3. The lowest BCUT2D eigenvalue weighted by molar-refractivity contribution is 0.0761. The van der Waals surface area contributed by atoms with Crippen LogP contribution in [0.25, 0.3) is 0 Å². The van der Waals surface area contributed by atoms with E-state index in [2.05, 4.69) is 5.32 Å². The zero-order valence-corrected chi connectivity index (χ0v) is 15.9. The molecule has 6 heteroatoms. The summed E-state index contributed by atoms with van der Waals surface area (Å²) in [5, 5.41) is 2.91. The van der Waals surface area contributed by atoms with Gasteiger partial charge in [0.2, 0.25) is 0 Å². The number of rotatable bonds is 3. The van der Waals surface area contributed by atoms with Crippen LogP contribution in [0.3, 0.4) is 0 Å². The lowest BCUT2D eigenvalue weighted by Gasteiger charge is -2.24. The van der Waals surface area contributed by atoms with Gasteiger partial charge in [0.15, 0.2) is 0 Å². The van der Waals surface area contributed by atoms with E-state index in [-0.39, 0.29) is 18.0 Å². The van der Waals surface area contributed by atoms with E-state index in [9.17, 15) is 9.59 Å². The summed E-state index contributed by atoms with van der Waals surface area (Å²) in [5.41, 5.74) is 2.64. The quantitative estimate of drug-likeness (QED) is 0.914. The van der Waals surface area contributed by atoms with Crippen LogP contribution in [0.2, 0.25) is 0 Å². The maximum atomic E-state index is 12.9. The van der Waals surface area contributed by atoms with Gasteiger partial charge in [-0.1, -0.05) is 0 Å². The van der Waals surface area contributed by atoms with Gasteiger partial charge in [0.25, 0.3) is 5.91 Å². The predicted molar refractivity (Wildman–Crippen MR) is 98.2 cm³/mol. The molecule has 1 fully saturated rings. The third kappa shape index (κ3) is 4.44. The molecule has 0 unspecified atom stereocenters. The van der Waals surface area contributed by atoms with Crippen molar-refractivity contribution in [2.75, 3.05) is 33.3 Å². The predicted octanol–water partition coefficient (Wildman–Crippen LogP) is 2.58. The molecule has 0 bridgehead atoms. The first kappa shape index (κ1) is 19.1. The Labute approximate surface area is 150 Å². The largest absolute Gasteiger partial charge is 0.496 e. The van der Waals surface area contributed by atoms with E-state index in [1.807, 2.05) is 44.7 Å². The number of urea groups is 1. The number of ether oxygens (including phenoxy) is 1. The van der Waals surface area contributed by atoms with Crippen molar-refractivity contribution in [1.82, 2.24) is 15.1 Å². The number of carbonyl (C=O) groups excluding carboxylic acids is 2. The number of benzene rings is 1. The van der Waals surface area contributed by atoms with Crippen LogP contribution >= 0.6 is 0 Å². The van der Waals surface area contributed by atoms with E-state index in [1.54, 1.807) is 12.0 Å². The van der Waals surface area contributed by atoms with Crippen molar-refractivity contribution in [1.29, 1.82) is 0 Å². The number of nitrogens with one attached hydrogen (secondary N) is 1. The Morgan fingerprint density at radius 2 is 1.68 bits per heavy atom. The van der Waals surface area contributed by atoms with Gasteiger partial charge in [-0.05, 0) is 57.4 Å². The second kappa shape index (κ2) is 8.23. The highest BCUT2D eigenvalue weighted by molar-refractivity contribution is 5.96. The molecule has 0 radical (unpaired) electrons. The maximum absolute atomic E-state index is 12.9. The Kier molecular flexibility index (Phi) is 6.28. The summed E-state index contributed by atoms with van der Waals surface area (Å²) in [4.78, 5) is 28.8. The molecule has 6 nitrogen and oxygen atoms in total. The van der Waals surface area contributed by atoms with Crippen LogP contribution in [0.1, 0.15) is 41.8 Å². The molecule has 0 spiro atoms. The van der Waals surface area contributed by atoms with Gasteiger partial charge >= 0.3 is 6.03 Å². The van der Waals surface area contributed by atoms with E-state index < -0.39 is 0 Å². The number of methoxy groups -OCH3 is 1. The Morgan fingerprint density at radius 1 is 1.04 bits per heavy atom. The third-order valence-corrected chi connectivity index (χ3v) is 4.67. The molecule has 25 heavy (non-hydrogen) atoms. The summed E-state index contributed by atoms with van der Waals surface area (Å²) in [6, 6.07) is 3.73. The van der Waals surface area contributed by atoms with Crippen LogP contribution in [-0.4, -0.2) is 61.1 Å². The molecule has 0 aliphatic carbocycles. The summed E-state index contributed by atoms with van der Waals surface area (Å²) in [7, 11) is 1.63. The lowest BCUT2D eigenvalue weighted by Crippen LogP contribution is -2.44. The maximum Gasteiger partial charge on any atom is 0.317 e. The molecule has 1 saturated heterocycles. The Morgan fingerprint density at radius 3 is 2.32 bits per heavy atom. The molecule has 2 rings (SSSR count). The average Bonchev–Trinajstić information content (AvgIpc) is 2.82. The van der Waals surface area contributed by atoms with Crippen LogP contribution in [0, 0.1) is 13.8 Å². The molecule has 1 N–H and O–H groups in total. The lowest BCUT2D eigenvalue weighted by atomic mass is 10.0. The topological polar surface area (TPSA) is 61.9 Å².